The Bertz CT molecular complexity index is 320. The van der Waals surface area contributed by atoms with Crippen LogP contribution in [0.3, 0.4) is 0 Å². The minimum Gasteiger partial charge on any atom is -0.480 e. The average molecular weight is 239 g/mol. The van der Waals surface area contributed by atoms with Gasteiger partial charge in [-0.15, -0.1) is 0 Å². The van der Waals surface area contributed by atoms with Gasteiger partial charge in [0.05, 0.1) is 19.8 Å². The van der Waals surface area contributed by atoms with Crippen LogP contribution in [0.15, 0.2) is 12.4 Å². The Labute approximate surface area is 103 Å². The van der Waals surface area contributed by atoms with Crippen LogP contribution >= 0.6 is 0 Å². The molecule has 1 atom stereocenters. The molecule has 5 heteroatoms. The molecule has 1 N–H and O–H groups in total. The fourth-order valence-electron chi connectivity index (χ4n) is 1.56. The zero-order valence-electron chi connectivity index (χ0n) is 10.8. The van der Waals surface area contributed by atoms with Crippen molar-refractivity contribution in [2.45, 2.75) is 26.3 Å². The molecule has 1 rings (SSSR count). The highest BCUT2D eigenvalue weighted by atomic mass is 16.5. The van der Waals surface area contributed by atoms with Gasteiger partial charge in [0.1, 0.15) is 5.69 Å². The lowest BCUT2D eigenvalue weighted by Gasteiger charge is -2.18. The second kappa shape index (κ2) is 7.97. The van der Waals surface area contributed by atoms with Crippen LogP contribution in [0.1, 0.15) is 32.0 Å². The van der Waals surface area contributed by atoms with Crippen molar-refractivity contribution in [3.8, 4) is 5.88 Å². The first-order valence-corrected chi connectivity index (χ1v) is 5.99. The van der Waals surface area contributed by atoms with Crippen LogP contribution in [0.4, 0.5) is 0 Å². The predicted octanol–water partition coefficient (Wildman–Crippen LogP) is 1.56. The summed E-state index contributed by atoms with van der Waals surface area (Å²) in [5.74, 6) is 0.554. The van der Waals surface area contributed by atoms with Gasteiger partial charge in [0.2, 0.25) is 5.88 Å². The topological polar surface area (TPSA) is 56.3 Å². The van der Waals surface area contributed by atoms with Crippen molar-refractivity contribution in [3.63, 3.8) is 0 Å². The molecule has 0 amide bonds. The smallest absolute Gasteiger partial charge is 0.237 e. The van der Waals surface area contributed by atoms with Crippen molar-refractivity contribution in [2.24, 2.45) is 0 Å². The number of likely N-dealkylation sites (N-methyl/N-ethyl adjacent to an activating group) is 1. The lowest BCUT2D eigenvalue weighted by atomic mass is 10.2. The number of nitrogens with zero attached hydrogens (tertiary/aromatic N) is 2. The second-order valence-electron chi connectivity index (χ2n) is 3.64. The molecule has 96 valence electrons. The fraction of sp³-hybridized carbons (Fsp3) is 0.667. The summed E-state index contributed by atoms with van der Waals surface area (Å²) in [5.41, 5.74) is 0.799. The van der Waals surface area contributed by atoms with Crippen molar-refractivity contribution in [1.82, 2.24) is 15.3 Å². The summed E-state index contributed by atoms with van der Waals surface area (Å²) in [6, 6.07) is 0.0233. The third kappa shape index (κ3) is 4.28. The van der Waals surface area contributed by atoms with Gasteiger partial charge >= 0.3 is 0 Å². The summed E-state index contributed by atoms with van der Waals surface area (Å²) in [4.78, 5) is 8.47. The Balaban J connectivity index is 2.73. The highest BCUT2D eigenvalue weighted by Gasteiger charge is 2.17. The van der Waals surface area contributed by atoms with Crippen molar-refractivity contribution >= 4 is 0 Å². The number of aromatic nitrogens is 2. The lowest BCUT2D eigenvalue weighted by molar-refractivity contribution is 0.110. The van der Waals surface area contributed by atoms with Gasteiger partial charge in [-0.05, 0) is 13.0 Å². The van der Waals surface area contributed by atoms with Gasteiger partial charge in [-0.3, -0.25) is 4.98 Å². The summed E-state index contributed by atoms with van der Waals surface area (Å²) >= 11 is 0. The van der Waals surface area contributed by atoms with Crippen molar-refractivity contribution in [1.29, 1.82) is 0 Å². The normalized spacial score (nSPS) is 12.4. The summed E-state index contributed by atoms with van der Waals surface area (Å²) in [6.45, 7) is 6.32. The largest absolute Gasteiger partial charge is 0.480 e. The molecule has 0 aliphatic carbocycles. The molecule has 1 aromatic rings. The van der Waals surface area contributed by atoms with Gasteiger partial charge in [-0.1, -0.05) is 13.8 Å². The van der Waals surface area contributed by atoms with E-state index in [9.17, 15) is 0 Å². The number of nitrogens with one attached hydrogen (secondary N) is 1. The molecule has 17 heavy (non-hydrogen) atoms. The van der Waals surface area contributed by atoms with Crippen LogP contribution in [-0.4, -0.2) is 36.8 Å². The molecule has 0 saturated carbocycles. The van der Waals surface area contributed by atoms with E-state index < -0.39 is 0 Å². The first-order valence-electron chi connectivity index (χ1n) is 5.99. The van der Waals surface area contributed by atoms with E-state index in [-0.39, 0.29) is 6.04 Å². The molecule has 5 nitrogen and oxygen atoms in total. The van der Waals surface area contributed by atoms with E-state index in [1.807, 2.05) is 0 Å². The zero-order chi connectivity index (χ0) is 12.5. The van der Waals surface area contributed by atoms with Gasteiger partial charge in [-0.2, -0.15) is 0 Å². The maximum absolute atomic E-state index is 5.57. The van der Waals surface area contributed by atoms with Crippen molar-refractivity contribution < 1.29 is 9.47 Å². The van der Waals surface area contributed by atoms with E-state index >= 15 is 0 Å². The maximum Gasteiger partial charge on any atom is 0.237 e. The van der Waals surface area contributed by atoms with Crippen LogP contribution < -0.4 is 10.1 Å². The molecule has 0 fully saturated rings. The molecule has 0 bridgehead atoms. The quantitative estimate of drug-likeness (QED) is 0.698. The van der Waals surface area contributed by atoms with Crippen molar-refractivity contribution in [3.05, 3.63) is 18.1 Å². The summed E-state index contributed by atoms with van der Waals surface area (Å²) < 4.78 is 10.8. The van der Waals surface area contributed by atoms with Gasteiger partial charge in [0.25, 0.3) is 0 Å². The molecule has 0 aromatic carbocycles. The van der Waals surface area contributed by atoms with Crippen LogP contribution in [0, 0.1) is 0 Å². The predicted molar refractivity (Wildman–Crippen MR) is 66.1 cm³/mol. The first kappa shape index (κ1) is 13.9. The molecular weight excluding hydrogens is 218 g/mol. The first-order chi connectivity index (χ1) is 8.33. The highest BCUT2D eigenvalue weighted by Crippen LogP contribution is 2.19. The van der Waals surface area contributed by atoms with E-state index in [0.717, 1.165) is 25.3 Å². The van der Waals surface area contributed by atoms with E-state index in [4.69, 9.17) is 9.47 Å². The van der Waals surface area contributed by atoms with Crippen LogP contribution in [0.5, 0.6) is 5.88 Å². The van der Waals surface area contributed by atoms with E-state index in [0.29, 0.717) is 12.5 Å². The van der Waals surface area contributed by atoms with Gasteiger partial charge < -0.3 is 14.8 Å². The zero-order valence-corrected chi connectivity index (χ0v) is 10.8. The molecular formula is C12H21N3O2. The van der Waals surface area contributed by atoms with Crippen LogP contribution in [0.2, 0.25) is 0 Å². The number of methoxy groups -OCH3 is 1. The molecule has 0 aliphatic rings. The fourth-order valence-corrected chi connectivity index (χ4v) is 1.56. The molecule has 0 spiro atoms. The molecule has 0 aliphatic heterocycles. The van der Waals surface area contributed by atoms with E-state index in [1.54, 1.807) is 19.5 Å². The monoisotopic (exact) mass is 239 g/mol. The molecule has 1 heterocycles. The number of hydrogen-bond donors (Lipinski definition) is 1. The highest BCUT2D eigenvalue weighted by molar-refractivity contribution is 5.21. The molecule has 0 saturated heterocycles. The number of hydrogen-bond acceptors (Lipinski definition) is 5. The number of ether oxygens (including phenoxy) is 2. The minimum atomic E-state index is 0.0233. The minimum absolute atomic E-state index is 0.0233. The Kier molecular flexibility index (Phi) is 6.50. The van der Waals surface area contributed by atoms with Crippen molar-refractivity contribution in [2.75, 3.05) is 26.9 Å². The Morgan fingerprint density at radius 1 is 1.29 bits per heavy atom. The molecule has 0 radical (unpaired) electrons. The Morgan fingerprint density at radius 3 is 2.71 bits per heavy atom. The van der Waals surface area contributed by atoms with Gasteiger partial charge in [-0.25, -0.2) is 4.98 Å². The van der Waals surface area contributed by atoms with E-state index in [1.165, 1.54) is 0 Å². The maximum atomic E-state index is 5.57. The van der Waals surface area contributed by atoms with Crippen LogP contribution in [0.25, 0.3) is 0 Å². The third-order valence-corrected chi connectivity index (χ3v) is 2.30. The van der Waals surface area contributed by atoms with Gasteiger partial charge in [0.15, 0.2) is 0 Å². The lowest BCUT2D eigenvalue weighted by Crippen LogP contribution is -2.27. The summed E-state index contributed by atoms with van der Waals surface area (Å²) in [6.07, 6.45) is 4.30. The van der Waals surface area contributed by atoms with Crippen LogP contribution in [-0.2, 0) is 4.74 Å². The van der Waals surface area contributed by atoms with Gasteiger partial charge in [0, 0.05) is 19.0 Å². The third-order valence-electron chi connectivity index (χ3n) is 2.30. The standard InChI is InChI=1S/C12H21N3O2/c1-4-8-17-9-10(13-5-2)11-12(16-3)15-7-6-14-11/h6-7,10,13H,4-5,8-9H2,1-3H3. The second-order valence-corrected chi connectivity index (χ2v) is 3.64. The summed E-state index contributed by atoms with van der Waals surface area (Å²) in [5, 5.41) is 3.33. The molecule has 1 aromatic heterocycles. The number of rotatable bonds is 8. The molecule has 1 unspecified atom stereocenters. The SMILES string of the molecule is CCCOCC(NCC)c1nccnc1OC. The average Bonchev–Trinajstić information content (AvgIpc) is 2.38. The Hall–Kier alpha value is -1.20. The van der Waals surface area contributed by atoms with E-state index in [2.05, 4.69) is 29.1 Å². The Morgan fingerprint density at radius 2 is 2.06 bits per heavy atom. The summed E-state index contributed by atoms with van der Waals surface area (Å²) in [7, 11) is 1.60.